The van der Waals surface area contributed by atoms with Crippen LogP contribution >= 0.6 is 11.3 Å². The summed E-state index contributed by atoms with van der Waals surface area (Å²) in [5.74, 6) is 2.58. The summed E-state index contributed by atoms with van der Waals surface area (Å²) in [5, 5.41) is 5.70. The zero-order valence-corrected chi connectivity index (χ0v) is 16.8. The molecule has 0 saturated carbocycles. The van der Waals surface area contributed by atoms with Crippen molar-refractivity contribution in [1.29, 1.82) is 0 Å². The predicted molar refractivity (Wildman–Crippen MR) is 110 cm³/mol. The van der Waals surface area contributed by atoms with Gasteiger partial charge in [-0.3, -0.25) is 4.79 Å². The van der Waals surface area contributed by atoms with Crippen LogP contribution in [0.4, 0.5) is 0 Å². The number of hydrogen-bond acceptors (Lipinski definition) is 5. The summed E-state index contributed by atoms with van der Waals surface area (Å²) >= 11 is 1.49. The lowest BCUT2D eigenvalue weighted by atomic mass is 10.3. The minimum atomic E-state index is -0.0142. The third-order valence-electron chi connectivity index (χ3n) is 4.57. The van der Waals surface area contributed by atoms with Gasteiger partial charge in [0.1, 0.15) is 11.6 Å². The highest BCUT2D eigenvalue weighted by atomic mass is 32.1. The first kappa shape index (κ1) is 18.4. The summed E-state index contributed by atoms with van der Waals surface area (Å²) in [6.07, 6.45) is 1.13. The Morgan fingerprint density at radius 2 is 2.04 bits per heavy atom. The van der Waals surface area contributed by atoms with Gasteiger partial charge in [-0.1, -0.05) is 12.1 Å². The molecule has 3 aromatic heterocycles. The maximum atomic E-state index is 12.2. The summed E-state index contributed by atoms with van der Waals surface area (Å²) in [5.41, 5.74) is 2.91. The van der Waals surface area contributed by atoms with E-state index in [2.05, 4.69) is 25.9 Å². The first-order valence-corrected chi connectivity index (χ1v) is 10.2. The monoisotopic (exact) mass is 394 g/mol. The molecule has 3 heterocycles. The van der Waals surface area contributed by atoms with E-state index in [1.54, 1.807) is 0 Å². The Balaban J connectivity index is 1.27. The molecule has 28 heavy (non-hydrogen) atoms. The average molecular weight is 395 g/mol. The highest BCUT2D eigenvalue weighted by Crippen LogP contribution is 2.25. The summed E-state index contributed by atoms with van der Waals surface area (Å²) in [7, 11) is 0. The van der Waals surface area contributed by atoms with Gasteiger partial charge in [0.2, 0.25) is 5.91 Å². The van der Waals surface area contributed by atoms with Crippen molar-refractivity contribution in [3.63, 3.8) is 0 Å². The number of carbonyl (C=O) groups is 1. The number of hydrogen-bond donors (Lipinski definition) is 1. The largest absolute Gasteiger partial charge is 0.459 e. The number of para-hydroxylation sites is 2. The Kier molecular flexibility index (Phi) is 5.25. The van der Waals surface area contributed by atoms with Crippen LogP contribution in [-0.2, 0) is 17.8 Å². The number of thiazole rings is 1. The van der Waals surface area contributed by atoms with E-state index in [4.69, 9.17) is 4.42 Å². The second-order valence-electron chi connectivity index (χ2n) is 6.73. The number of nitrogens with zero attached hydrogens (tertiary/aromatic N) is 3. The summed E-state index contributed by atoms with van der Waals surface area (Å²) < 4.78 is 7.78. The van der Waals surface area contributed by atoms with Crippen molar-refractivity contribution in [3.8, 4) is 10.8 Å². The lowest BCUT2D eigenvalue weighted by Gasteiger charge is -2.08. The molecule has 7 heteroatoms. The number of imidazole rings is 1. The van der Waals surface area contributed by atoms with Gasteiger partial charge in [-0.25, -0.2) is 9.97 Å². The molecule has 1 amide bonds. The Bertz CT molecular complexity index is 1110. The number of rotatable bonds is 7. The van der Waals surface area contributed by atoms with E-state index in [0.717, 1.165) is 52.0 Å². The van der Waals surface area contributed by atoms with Crippen LogP contribution in [0.3, 0.4) is 0 Å². The van der Waals surface area contributed by atoms with Crippen molar-refractivity contribution in [1.82, 2.24) is 19.9 Å². The minimum Gasteiger partial charge on any atom is -0.459 e. The maximum Gasteiger partial charge on any atom is 0.226 e. The molecule has 0 aliphatic carbocycles. The van der Waals surface area contributed by atoms with E-state index < -0.39 is 0 Å². The number of nitrogens with one attached hydrogen (secondary N) is 1. The SMILES string of the molecule is Cc1ccc(-c2nc(CC(=O)NCCCn3c(C)nc4ccccc43)cs2)o1. The molecular formula is C21H22N4O2S. The normalized spacial score (nSPS) is 11.2. The molecule has 0 unspecified atom stereocenters. The molecular weight excluding hydrogens is 372 g/mol. The van der Waals surface area contributed by atoms with Crippen molar-refractivity contribution < 1.29 is 9.21 Å². The molecule has 6 nitrogen and oxygen atoms in total. The van der Waals surface area contributed by atoms with Gasteiger partial charge in [-0.05, 0) is 44.5 Å². The molecule has 0 saturated heterocycles. The summed E-state index contributed by atoms with van der Waals surface area (Å²) in [6.45, 7) is 5.36. The predicted octanol–water partition coefficient (Wildman–Crippen LogP) is 4.12. The van der Waals surface area contributed by atoms with E-state index >= 15 is 0 Å². The molecule has 144 valence electrons. The maximum absolute atomic E-state index is 12.2. The van der Waals surface area contributed by atoms with E-state index in [-0.39, 0.29) is 12.3 Å². The van der Waals surface area contributed by atoms with E-state index in [1.165, 1.54) is 11.3 Å². The van der Waals surface area contributed by atoms with Gasteiger partial charge in [-0.15, -0.1) is 11.3 Å². The number of benzene rings is 1. The van der Waals surface area contributed by atoms with Gasteiger partial charge in [0.05, 0.1) is 23.1 Å². The number of furan rings is 1. The van der Waals surface area contributed by atoms with E-state index in [9.17, 15) is 4.79 Å². The van der Waals surface area contributed by atoms with Crippen molar-refractivity contribution in [3.05, 3.63) is 59.1 Å². The Morgan fingerprint density at radius 3 is 2.86 bits per heavy atom. The topological polar surface area (TPSA) is 73.0 Å². The number of carbonyl (C=O) groups excluding carboxylic acids is 1. The van der Waals surface area contributed by atoms with Crippen LogP contribution in [0.2, 0.25) is 0 Å². The molecule has 0 atom stereocenters. The second kappa shape index (κ2) is 7.98. The van der Waals surface area contributed by atoms with Crippen LogP contribution in [0.25, 0.3) is 21.8 Å². The van der Waals surface area contributed by atoms with Crippen molar-refractivity contribution in [2.75, 3.05) is 6.54 Å². The minimum absolute atomic E-state index is 0.0142. The van der Waals surface area contributed by atoms with Gasteiger partial charge >= 0.3 is 0 Å². The van der Waals surface area contributed by atoms with Gasteiger partial charge in [0.15, 0.2) is 10.8 Å². The van der Waals surface area contributed by atoms with Crippen LogP contribution in [-0.4, -0.2) is 27.0 Å². The molecule has 0 aliphatic rings. The van der Waals surface area contributed by atoms with Crippen LogP contribution in [0.1, 0.15) is 23.7 Å². The number of fused-ring (bicyclic) bond motifs is 1. The summed E-state index contributed by atoms with van der Waals surface area (Å²) in [6, 6.07) is 11.9. The lowest BCUT2D eigenvalue weighted by Crippen LogP contribution is -2.27. The van der Waals surface area contributed by atoms with Crippen LogP contribution in [0.5, 0.6) is 0 Å². The zero-order valence-electron chi connectivity index (χ0n) is 15.9. The lowest BCUT2D eigenvalue weighted by molar-refractivity contribution is -0.120. The van der Waals surface area contributed by atoms with Gasteiger partial charge in [-0.2, -0.15) is 0 Å². The highest BCUT2D eigenvalue weighted by Gasteiger charge is 2.11. The van der Waals surface area contributed by atoms with Gasteiger partial charge in [0, 0.05) is 18.5 Å². The van der Waals surface area contributed by atoms with Crippen LogP contribution in [0, 0.1) is 13.8 Å². The number of amides is 1. The fraction of sp³-hybridized carbons (Fsp3) is 0.286. The molecule has 4 aromatic rings. The molecule has 1 aromatic carbocycles. The molecule has 0 radical (unpaired) electrons. The second-order valence-corrected chi connectivity index (χ2v) is 7.59. The average Bonchev–Trinajstić information content (AvgIpc) is 3.38. The fourth-order valence-electron chi connectivity index (χ4n) is 3.22. The fourth-order valence-corrected chi connectivity index (χ4v) is 4.00. The molecule has 0 spiro atoms. The molecule has 0 fully saturated rings. The quantitative estimate of drug-likeness (QED) is 0.479. The van der Waals surface area contributed by atoms with Gasteiger partial charge < -0.3 is 14.3 Å². The first-order chi connectivity index (χ1) is 13.6. The summed E-state index contributed by atoms with van der Waals surface area (Å²) in [4.78, 5) is 21.3. The Labute approximate surface area is 167 Å². The van der Waals surface area contributed by atoms with E-state index in [1.807, 2.05) is 49.6 Å². The van der Waals surface area contributed by atoms with Gasteiger partial charge in [0.25, 0.3) is 0 Å². The van der Waals surface area contributed by atoms with Crippen molar-refractivity contribution in [2.24, 2.45) is 0 Å². The molecule has 0 bridgehead atoms. The first-order valence-electron chi connectivity index (χ1n) is 9.30. The standard InChI is InChI=1S/C21H22N4O2S/c1-14-8-9-19(27-14)21-24-16(13-28-21)12-20(26)22-10-5-11-25-15(2)23-17-6-3-4-7-18(17)25/h3-4,6-9,13H,5,10-12H2,1-2H3,(H,22,26). The van der Waals surface area contributed by atoms with Crippen molar-refractivity contribution >= 4 is 28.3 Å². The molecule has 0 aliphatic heterocycles. The van der Waals surface area contributed by atoms with E-state index in [0.29, 0.717) is 6.54 Å². The smallest absolute Gasteiger partial charge is 0.226 e. The Morgan fingerprint density at radius 1 is 1.18 bits per heavy atom. The zero-order chi connectivity index (χ0) is 19.5. The van der Waals surface area contributed by atoms with Crippen molar-refractivity contribution in [2.45, 2.75) is 33.2 Å². The van der Waals surface area contributed by atoms with Crippen LogP contribution in [0.15, 0.2) is 46.2 Å². The van der Waals surface area contributed by atoms with Crippen LogP contribution < -0.4 is 5.32 Å². The third kappa shape index (κ3) is 3.99. The number of aryl methyl sites for hydroxylation is 3. The number of aromatic nitrogens is 3. The Hall–Kier alpha value is -2.93. The highest BCUT2D eigenvalue weighted by molar-refractivity contribution is 7.13. The molecule has 1 N–H and O–H groups in total. The molecule has 4 rings (SSSR count). The third-order valence-corrected chi connectivity index (χ3v) is 5.48.